The Balaban J connectivity index is 2.04. The predicted octanol–water partition coefficient (Wildman–Crippen LogP) is 1.92. The molecular formula is C15H12O7. The van der Waals surface area contributed by atoms with Gasteiger partial charge < -0.3 is 30.3 Å². The maximum atomic E-state index is 12.1. The minimum Gasteiger partial charge on any atom is -0.508 e. The number of hydrogen-bond donors (Lipinski definition) is 5. The van der Waals surface area contributed by atoms with Crippen LogP contribution in [0, 0.1) is 0 Å². The van der Waals surface area contributed by atoms with E-state index in [0.29, 0.717) is 0 Å². The third kappa shape index (κ3) is 2.12. The number of aromatic hydroxyl groups is 5. The van der Waals surface area contributed by atoms with Gasteiger partial charge in [0.05, 0.1) is 6.42 Å². The molecule has 0 aromatic heterocycles. The van der Waals surface area contributed by atoms with Crippen molar-refractivity contribution in [2.45, 2.75) is 12.5 Å². The summed E-state index contributed by atoms with van der Waals surface area (Å²) in [4.78, 5) is 12.1. The molecule has 0 saturated heterocycles. The maximum absolute atomic E-state index is 12.1. The van der Waals surface area contributed by atoms with Crippen molar-refractivity contribution in [2.75, 3.05) is 0 Å². The van der Waals surface area contributed by atoms with Crippen LogP contribution in [0.1, 0.15) is 28.4 Å². The second-order valence-corrected chi connectivity index (χ2v) is 4.98. The average Bonchev–Trinajstić information content (AvgIpc) is 2.42. The Labute approximate surface area is 124 Å². The molecule has 3 rings (SSSR count). The molecule has 0 radical (unpaired) electrons. The first-order chi connectivity index (χ1) is 10.4. The smallest absolute Gasteiger partial charge is 0.200 e. The molecule has 0 spiro atoms. The minimum atomic E-state index is -0.835. The monoisotopic (exact) mass is 304 g/mol. The van der Waals surface area contributed by atoms with E-state index in [1.807, 2.05) is 0 Å². The largest absolute Gasteiger partial charge is 0.508 e. The second-order valence-electron chi connectivity index (χ2n) is 4.98. The molecule has 2 aromatic rings. The summed E-state index contributed by atoms with van der Waals surface area (Å²) in [6, 6.07) is 4.57. The number of rotatable bonds is 1. The lowest BCUT2D eigenvalue weighted by molar-refractivity contribution is 0.0844. The fourth-order valence-electron chi connectivity index (χ4n) is 2.42. The minimum absolute atomic E-state index is 0.00537. The first kappa shape index (κ1) is 13.9. The van der Waals surface area contributed by atoms with Crippen LogP contribution in [0.15, 0.2) is 24.3 Å². The highest BCUT2D eigenvalue weighted by molar-refractivity contribution is 6.02. The quantitative estimate of drug-likeness (QED) is 0.509. The average molecular weight is 304 g/mol. The van der Waals surface area contributed by atoms with Crippen molar-refractivity contribution < 1.29 is 35.1 Å². The van der Waals surface area contributed by atoms with Gasteiger partial charge in [-0.15, -0.1) is 0 Å². The highest BCUT2D eigenvalue weighted by Gasteiger charge is 2.31. The van der Waals surface area contributed by atoms with Gasteiger partial charge in [0, 0.05) is 17.7 Å². The zero-order valence-corrected chi connectivity index (χ0v) is 11.1. The molecule has 0 bridgehead atoms. The fourth-order valence-corrected chi connectivity index (χ4v) is 2.42. The third-order valence-electron chi connectivity index (χ3n) is 3.45. The van der Waals surface area contributed by atoms with E-state index in [1.54, 1.807) is 0 Å². The number of benzene rings is 2. The van der Waals surface area contributed by atoms with E-state index in [0.717, 1.165) is 6.07 Å². The summed E-state index contributed by atoms with van der Waals surface area (Å²) >= 11 is 0. The molecule has 7 heteroatoms. The highest BCUT2D eigenvalue weighted by Crippen LogP contribution is 2.44. The van der Waals surface area contributed by atoms with Crippen LogP contribution >= 0.6 is 0 Å². The summed E-state index contributed by atoms with van der Waals surface area (Å²) in [5.74, 6) is -2.80. The number of carbonyl (C=O) groups is 1. The Morgan fingerprint density at radius 3 is 2.18 bits per heavy atom. The van der Waals surface area contributed by atoms with Crippen LogP contribution in [-0.2, 0) is 0 Å². The second kappa shape index (κ2) is 4.73. The van der Waals surface area contributed by atoms with Crippen LogP contribution < -0.4 is 4.74 Å². The number of fused-ring (bicyclic) bond motifs is 1. The molecule has 0 saturated carbocycles. The number of phenolic OH excluding ortho intramolecular Hbond substituents is 5. The number of hydrogen-bond acceptors (Lipinski definition) is 7. The third-order valence-corrected chi connectivity index (χ3v) is 3.45. The van der Waals surface area contributed by atoms with Crippen LogP contribution in [0.4, 0.5) is 0 Å². The van der Waals surface area contributed by atoms with Gasteiger partial charge in [0.25, 0.3) is 0 Å². The van der Waals surface area contributed by atoms with Gasteiger partial charge in [-0.05, 0) is 12.1 Å². The predicted molar refractivity (Wildman–Crippen MR) is 73.5 cm³/mol. The number of carbonyl (C=O) groups excluding carboxylic acids is 1. The molecule has 7 nitrogen and oxygen atoms in total. The van der Waals surface area contributed by atoms with E-state index >= 15 is 0 Å². The molecular weight excluding hydrogens is 292 g/mol. The van der Waals surface area contributed by atoms with Crippen molar-refractivity contribution in [3.05, 3.63) is 35.4 Å². The lowest BCUT2D eigenvalue weighted by atomic mass is 9.95. The van der Waals surface area contributed by atoms with E-state index in [-0.39, 0.29) is 34.8 Å². The van der Waals surface area contributed by atoms with Crippen LogP contribution in [0.2, 0.25) is 0 Å². The molecule has 0 fully saturated rings. The standard InChI is InChI=1S/C15H12O7/c16-7-3-8(17)14-9(18)5-12(22-13(14)4-7)6-1-10(19)15(21)11(20)2-6/h1-4,12,16-17,19-21H,5H2/t12-/m0/s1. The Kier molecular flexibility index (Phi) is 2.98. The summed E-state index contributed by atoms with van der Waals surface area (Å²) in [5, 5.41) is 47.6. The zero-order chi connectivity index (χ0) is 16.0. The summed E-state index contributed by atoms with van der Waals surface area (Å²) in [6.07, 6.45) is -0.965. The molecule has 114 valence electrons. The highest BCUT2D eigenvalue weighted by atomic mass is 16.5. The molecule has 22 heavy (non-hydrogen) atoms. The Bertz CT molecular complexity index is 759. The number of ketones is 1. The SMILES string of the molecule is O=C1C[C@@H](c2cc(O)c(O)c(O)c2)Oc2cc(O)cc(O)c21. The van der Waals surface area contributed by atoms with Crippen molar-refractivity contribution in [1.82, 2.24) is 0 Å². The van der Waals surface area contributed by atoms with Crippen molar-refractivity contribution >= 4 is 5.78 Å². The molecule has 1 aliphatic rings. The Morgan fingerprint density at radius 1 is 0.909 bits per heavy atom. The van der Waals surface area contributed by atoms with Gasteiger partial charge in [0.2, 0.25) is 0 Å². The van der Waals surface area contributed by atoms with Gasteiger partial charge in [-0.2, -0.15) is 0 Å². The summed E-state index contributed by atoms with van der Waals surface area (Å²) < 4.78 is 5.56. The number of Topliss-reactive ketones (excluding diaryl/α,β-unsaturated/α-hetero) is 1. The summed E-state index contributed by atoms with van der Waals surface area (Å²) in [5.41, 5.74) is 0.246. The van der Waals surface area contributed by atoms with Crippen LogP contribution in [0.5, 0.6) is 34.5 Å². The zero-order valence-electron chi connectivity index (χ0n) is 11.1. The molecule has 2 aromatic carbocycles. The molecule has 0 unspecified atom stereocenters. The topological polar surface area (TPSA) is 127 Å². The molecule has 5 N–H and O–H groups in total. The Morgan fingerprint density at radius 2 is 1.55 bits per heavy atom. The van der Waals surface area contributed by atoms with E-state index < -0.39 is 29.1 Å². The van der Waals surface area contributed by atoms with Gasteiger partial charge in [0.1, 0.15) is 28.9 Å². The van der Waals surface area contributed by atoms with Gasteiger partial charge in [-0.3, -0.25) is 4.79 Å². The summed E-state index contributed by atoms with van der Waals surface area (Å²) in [7, 11) is 0. The van der Waals surface area contributed by atoms with Crippen LogP contribution in [0.3, 0.4) is 0 Å². The Hall–Kier alpha value is -3.09. The summed E-state index contributed by atoms with van der Waals surface area (Å²) in [6.45, 7) is 0. The van der Waals surface area contributed by atoms with Gasteiger partial charge >= 0.3 is 0 Å². The van der Waals surface area contributed by atoms with E-state index in [2.05, 4.69) is 0 Å². The number of phenols is 5. The van der Waals surface area contributed by atoms with Crippen molar-refractivity contribution in [1.29, 1.82) is 0 Å². The first-order valence-corrected chi connectivity index (χ1v) is 6.37. The lowest BCUT2D eigenvalue weighted by Gasteiger charge is -2.26. The maximum Gasteiger partial charge on any atom is 0.200 e. The molecule has 1 atom stereocenters. The number of ether oxygens (including phenoxy) is 1. The van der Waals surface area contributed by atoms with Crippen molar-refractivity contribution in [3.63, 3.8) is 0 Å². The fraction of sp³-hybridized carbons (Fsp3) is 0.133. The van der Waals surface area contributed by atoms with E-state index in [4.69, 9.17) is 4.74 Å². The van der Waals surface area contributed by atoms with Gasteiger partial charge in [-0.25, -0.2) is 0 Å². The van der Waals surface area contributed by atoms with Crippen molar-refractivity contribution in [2.24, 2.45) is 0 Å². The molecule has 0 aliphatic carbocycles. The van der Waals surface area contributed by atoms with Crippen LogP contribution in [-0.4, -0.2) is 31.3 Å². The van der Waals surface area contributed by atoms with E-state index in [1.165, 1.54) is 18.2 Å². The first-order valence-electron chi connectivity index (χ1n) is 6.37. The van der Waals surface area contributed by atoms with Gasteiger partial charge in [-0.1, -0.05) is 0 Å². The lowest BCUT2D eigenvalue weighted by Crippen LogP contribution is -2.20. The van der Waals surface area contributed by atoms with Crippen molar-refractivity contribution in [3.8, 4) is 34.5 Å². The van der Waals surface area contributed by atoms with Gasteiger partial charge in [0.15, 0.2) is 23.0 Å². The molecule has 0 amide bonds. The normalized spacial score (nSPS) is 16.9. The molecule has 1 aliphatic heterocycles. The molecule has 1 heterocycles. The van der Waals surface area contributed by atoms with Crippen LogP contribution in [0.25, 0.3) is 0 Å². The van der Waals surface area contributed by atoms with E-state index in [9.17, 15) is 30.3 Å².